The third-order valence-electron chi connectivity index (χ3n) is 2.48. The average molecular weight is 275 g/mol. The van der Waals surface area contributed by atoms with Crippen LogP contribution in [0, 0.1) is 11.6 Å². The number of aryl methyl sites for hydroxylation is 1. The van der Waals surface area contributed by atoms with Crippen molar-refractivity contribution in [2.75, 3.05) is 7.05 Å². The van der Waals surface area contributed by atoms with Crippen LogP contribution in [0.3, 0.4) is 0 Å². The Balaban J connectivity index is 3.05. The second-order valence-electron chi connectivity index (χ2n) is 3.64. The highest BCUT2D eigenvalue weighted by atomic mass is 19.3. The van der Waals surface area contributed by atoms with Gasteiger partial charge >= 0.3 is 6.43 Å². The van der Waals surface area contributed by atoms with Crippen molar-refractivity contribution in [3.05, 3.63) is 41.5 Å². The van der Waals surface area contributed by atoms with Crippen LogP contribution >= 0.6 is 0 Å². The van der Waals surface area contributed by atoms with Gasteiger partial charge in [0.15, 0.2) is 11.6 Å². The fraction of sp³-hybridized carbons (Fsp3) is 0.308. The molecule has 0 saturated carbocycles. The van der Waals surface area contributed by atoms with Gasteiger partial charge in [0, 0.05) is 7.05 Å². The van der Waals surface area contributed by atoms with Crippen LogP contribution in [-0.2, 0) is 11.2 Å². The molecular formula is C13H13F4NO. The summed E-state index contributed by atoms with van der Waals surface area (Å²) >= 11 is 0. The lowest BCUT2D eigenvalue weighted by Crippen LogP contribution is -2.14. The first-order chi connectivity index (χ1) is 8.92. The third kappa shape index (κ3) is 3.33. The zero-order valence-electron chi connectivity index (χ0n) is 10.5. The predicted molar refractivity (Wildman–Crippen MR) is 65.2 cm³/mol. The molecule has 0 spiro atoms. The predicted octanol–water partition coefficient (Wildman–Crippen LogP) is 3.81. The smallest absolute Gasteiger partial charge is 0.312 e. The number of aliphatic imine (C=N–C) groups is 1. The highest BCUT2D eigenvalue weighted by Crippen LogP contribution is 2.24. The number of halogens is 4. The fourth-order valence-corrected chi connectivity index (χ4v) is 1.45. The van der Waals surface area contributed by atoms with Gasteiger partial charge in [-0.3, -0.25) is 4.99 Å². The molecule has 0 unspecified atom stereocenters. The van der Waals surface area contributed by atoms with E-state index in [-0.39, 0.29) is 11.1 Å². The molecular weight excluding hydrogens is 262 g/mol. The monoisotopic (exact) mass is 275 g/mol. The molecule has 1 aromatic carbocycles. The Bertz CT molecular complexity index is 512. The zero-order chi connectivity index (χ0) is 14.6. The molecule has 0 heterocycles. The largest absolute Gasteiger partial charge is 0.438 e. The maximum Gasteiger partial charge on any atom is 0.312 e. The molecule has 0 fully saturated rings. The highest BCUT2D eigenvalue weighted by molar-refractivity contribution is 5.84. The van der Waals surface area contributed by atoms with Crippen LogP contribution in [0.4, 0.5) is 17.6 Å². The number of hydrogen-bond acceptors (Lipinski definition) is 2. The van der Waals surface area contributed by atoms with Crippen molar-refractivity contribution in [3.63, 3.8) is 0 Å². The number of rotatable bonds is 4. The first kappa shape index (κ1) is 15.2. The van der Waals surface area contributed by atoms with Gasteiger partial charge in [-0.25, -0.2) is 8.78 Å². The van der Waals surface area contributed by atoms with E-state index in [1.54, 1.807) is 6.92 Å². The Morgan fingerprint density at radius 2 is 1.95 bits per heavy atom. The second-order valence-corrected chi connectivity index (χ2v) is 3.64. The van der Waals surface area contributed by atoms with Crippen molar-refractivity contribution in [3.8, 4) is 0 Å². The van der Waals surface area contributed by atoms with E-state index >= 15 is 0 Å². The Morgan fingerprint density at radius 1 is 1.32 bits per heavy atom. The maximum atomic E-state index is 13.7. The molecule has 0 atom stereocenters. The van der Waals surface area contributed by atoms with Crippen molar-refractivity contribution in [1.29, 1.82) is 0 Å². The standard InChI is InChI=1S/C13H13F4NO/c1-4-8-5-6-9(11(15)10(8)14)7(2)19-13(18-3)12(16)17/h5-6,12H,2,4H2,1,3H3. The lowest BCUT2D eigenvalue weighted by Gasteiger charge is -2.12. The van der Waals surface area contributed by atoms with E-state index in [0.717, 1.165) is 7.05 Å². The number of benzene rings is 1. The molecule has 1 aromatic rings. The molecule has 0 bridgehead atoms. The van der Waals surface area contributed by atoms with Crippen molar-refractivity contribution < 1.29 is 22.3 Å². The summed E-state index contributed by atoms with van der Waals surface area (Å²) in [5, 5.41) is 0. The Kier molecular flexibility index (Phi) is 5.09. The Labute approximate surface area is 108 Å². The minimum absolute atomic E-state index is 0.187. The number of alkyl halides is 2. The minimum Gasteiger partial charge on any atom is -0.438 e. The average Bonchev–Trinajstić information content (AvgIpc) is 2.38. The van der Waals surface area contributed by atoms with Crippen LogP contribution in [0.2, 0.25) is 0 Å². The molecule has 1 rings (SSSR count). The molecule has 0 aliphatic rings. The first-order valence-electron chi connectivity index (χ1n) is 5.51. The van der Waals surface area contributed by atoms with E-state index in [1.165, 1.54) is 12.1 Å². The minimum atomic E-state index is -2.95. The summed E-state index contributed by atoms with van der Waals surface area (Å²) in [5.74, 6) is -3.52. The van der Waals surface area contributed by atoms with E-state index in [4.69, 9.17) is 0 Å². The summed E-state index contributed by atoms with van der Waals surface area (Å²) < 4.78 is 56.7. The summed E-state index contributed by atoms with van der Waals surface area (Å²) in [6.07, 6.45) is -2.64. The van der Waals surface area contributed by atoms with E-state index in [2.05, 4.69) is 16.3 Å². The summed E-state index contributed by atoms with van der Waals surface area (Å²) in [7, 11) is 1.10. The van der Waals surface area contributed by atoms with Crippen LogP contribution < -0.4 is 0 Å². The fourth-order valence-electron chi connectivity index (χ4n) is 1.45. The van der Waals surface area contributed by atoms with Crippen molar-refractivity contribution in [1.82, 2.24) is 0 Å². The molecule has 104 valence electrons. The summed E-state index contributed by atoms with van der Waals surface area (Å²) in [6.45, 7) is 4.98. The van der Waals surface area contributed by atoms with E-state index in [0.29, 0.717) is 6.42 Å². The van der Waals surface area contributed by atoms with Crippen molar-refractivity contribution in [2.24, 2.45) is 4.99 Å². The molecule has 19 heavy (non-hydrogen) atoms. The molecule has 0 radical (unpaired) electrons. The van der Waals surface area contributed by atoms with Gasteiger partial charge in [0.1, 0.15) is 5.76 Å². The zero-order valence-corrected chi connectivity index (χ0v) is 10.5. The van der Waals surface area contributed by atoms with Gasteiger partial charge in [0.05, 0.1) is 5.56 Å². The van der Waals surface area contributed by atoms with Crippen molar-refractivity contribution >= 4 is 11.7 Å². The molecule has 0 amide bonds. The number of nitrogens with zero attached hydrogens (tertiary/aromatic N) is 1. The number of hydrogen-bond donors (Lipinski definition) is 0. The molecule has 0 aromatic heterocycles. The molecule has 0 aliphatic heterocycles. The molecule has 0 aliphatic carbocycles. The maximum absolute atomic E-state index is 13.7. The van der Waals surface area contributed by atoms with Crippen molar-refractivity contribution in [2.45, 2.75) is 19.8 Å². The van der Waals surface area contributed by atoms with Gasteiger partial charge in [-0.2, -0.15) is 8.78 Å². The van der Waals surface area contributed by atoms with Crippen LogP contribution in [0.1, 0.15) is 18.1 Å². The van der Waals surface area contributed by atoms with Gasteiger partial charge in [-0.15, -0.1) is 0 Å². The van der Waals surface area contributed by atoms with Crippen LogP contribution in [0.25, 0.3) is 5.76 Å². The van der Waals surface area contributed by atoms with E-state index in [9.17, 15) is 17.6 Å². The Morgan fingerprint density at radius 3 is 2.42 bits per heavy atom. The topological polar surface area (TPSA) is 21.6 Å². The summed E-state index contributed by atoms with van der Waals surface area (Å²) in [4.78, 5) is 3.21. The van der Waals surface area contributed by atoms with Crippen LogP contribution in [0.15, 0.2) is 23.7 Å². The number of ether oxygens (including phenoxy) is 1. The van der Waals surface area contributed by atoms with E-state index in [1.807, 2.05) is 0 Å². The lowest BCUT2D eigenvalue weighted by molar-refractivity contribution is 0.196. The molecule has 2 nitrogen and oxygen atoms in total. The Hall–Kier alpha value is -1.85. The molecule has 0 saturated heterocycles. The normalized spacial score (nSPS) is 11.8. The van der Waals surface area contributed by atoms with Gasteiger partial charge in [0.25, 0.3) is 5.90 Å². The third-order valence-corrected chi connectivity index (χ3v) is 2.48. The quantitative estimate of drug-likeness (QED) is 0.354. The van der Waals surface area contributed by atoms with Gasteiger partial charge in [-0.05, 0) is 18.1 Å². The summed E-state index contributed by atoms with van der Waals surface area (Å²) in [6, 6.07) is 2.59. The van der Waals surface area contributed by atoms with Crippen LogP contribution in [-0.4, -0.2) is 19.4 Å². The van der Waals surface area contributed by atoms with E-state index < -0.39 is 29.7 Å². The first-order valence-corrected chi connectivity index (χ1v) is 5.51. The van der Waals surface area contributed by atoms with Crippen LogP contribution in [0.5, 0.6) is 0 Å². The molecule has 0 N–H and O–H groups in total. The summed E-state index contributed by atoms with van der Waals surface area (Å²) in [5.41, 5.74) is -0.121. The highest BCUT2D eigenvalue weighted by Gasteiger charge is 2.20. The lowest BCUT2D eigenvalue weighted by atomic mass is 10.1. The second kappa shape index (κ2) is 6.36. The van der Waals surface area contributed by atoms with Gasteiger partial charge in [0.2, 0.25) is 0 Å². The van der Waals surface area contributed by atoms with Gasteiger partial charge < -0.3 is 4.74 Å². The SMILES string of the molecule is C=C(OC(=NC)C(F)F)c1ccc(CC)c(F)c1F. The van der Waals surface area contributed by atoms with Gasteiger partial charge in [-0.1, -0.05) is 19.6 Å². The molecule has 6 heteroatoms.